The Labute approximate surface area is 97.2 Å². The van der Waals surface area contributed by atoms with Gasteiger partial charge in [-0.1, -0.05) is 40.2 Å². The van der Waals surface area contributed by atoms with E-state index >= 15 is 0 Å². The van der Waals surface area contributed by atoms with Gasteiger partial charge in [0.1, 0.15) is 0 Å². The molecule has 84 valence electrons. The third-order valence-corrected chi connectivity index (χ3v) is 2.28. The van der Waals surface area contributed by atoms with E-state index in [4.69, 9.17) is 0 Å². The van der Waals surface area contributed by atoms with Gasteiger partial charge in [-0.15, -0.1) is 11.3 Å². The molecule has 1 aromatic heterocycles. The van der Waals surface area contributed by atoms with Crippen molar-refractivity contribution in [3.8, 4) is 0 Å². The van der Waals surface area contributed by atoms with Crippen molar-refractivity contribution in [2.24, 2.45) is 0 Å². The van der Waals surface area contributed by atoms with Crippen LogP contribution in [0.4, 0.5) is 0 Å². The molecule has 0 fully saturated rings. The van der Waals surface area contributed by atoms with Crippen LogP contribution in [-0.4, -0.2) is 4.98 Å². The highest BCUT2D eigenvalue weighted by Crippen LogP contribution is 2.17. The van der Waals surface area contributed by atoms with E-state index in [0.29, 0.717) is 0 Å². The SMILES string of the molecule is CC.CCC.Cc1ccc2ncsc2c1. The minimum Gasteiger partial charge on any atom is -0.245 e. The van der Waals surface area contributed by atoms with Crippen LogP contribution < -0.4 is 0 Å². The number of benzene rings is 1. The van der Waals surface area contributed by atoms with E-state index in [2.05, 4.69) is 44.0 Å². The van der Waals surface area contributed by atoms with E-state index in [-0.39, 0.29) is 0 Å². The summed E-state index contributed by atoms with van der Waals surface area (Å²) in [5, 5.41) is 0. The monoisotopic (exact) mass is 223 g/mol. The lowest BCUT2D eigenvalue weighted by molar-refractivity contribution is 1.09. The molecule has 0 aliphatic heterocycles. The van der Waals surface area contributed by atoms with Crippen molar-refractivity contribution in [3.63, 3.8) is 0 Å². The molecule has 0 radical (unpaired) electrons. The van der Waals surface area contributed by atoms with Gasteiger partial charge >= 0.3 is 0 Å². The van der Waals surface area contributed by atoms with Gasteiger partial charge in [0.2, 0.25) is 0 Å². The molecule has 0 saturated carbocycles. The molecule has 0 saturated heterocycles. The van der Waals surface area contributed by atoms with Crippen LogP contribution in [0.25, 0.3) is 10.2 Å². The Morgan fingerprint density at radius 2 is 1.80 bits per heavy atom. The molecule has 2 heteroatoms. The Balaban J connectivity index is 0.000000342. The largest absolute Gasteiger partial charge is 0.245 e. The first kappa shape index (κ1) is 14.1. The Bertz CT molecular complexity index is 365. The average Bonchev–Trinajstić information content (AvgIpc) is 2.69. The van der Waals surface area contributed by atoms with Crippen molar-refractivity contribution in [3.05, 3.63) is 29.3 Å². The minimum atomic E-state index is 1.11. The molecule has 2 aromatic rings. The van der Waals surface area contributed by atoms with Crippen LogP contribution in [0.15, 0.2) is 23.7 Å². The number of thiazole rings is 1. The molecule has 0 atom stereocenters. The highest BCUT2D eigenvalue weighted by Gasteiger charge is 1.93. The quantitative estimate of drug-likeness (QED) is 0.609. The lowest BCUT2D eigenvalue weighted by atomic mass is 10.2. The molecule has 0 spiro atoms. The summed E-state index contributed by atoms with van der Waals surface area (Å²) in [4.78, 5) is 4.18. The lowest BCUT2D eigenvalue weighted by Gasteiger charge is -1.88. The van der Waals surface area contributed by atoms with Crippen LogP contribution in [0.3, 0.4) is 0 Å². The Morgan fingerprint density at radius 1 is 1.20 bits per heavy atom. The zero-order valence-electron chi connectivity index (χ0n) is 10.4. The smallest absolute Gasteiger partial charge is 0.0812 e. The molecule has 2 rings (SSSR count). The number of fused-ring (bicyclic) bond motifs is 1. The molecule has 1 aromatic carbocycles. The summed E-state index contributed by atoms with van der Waals surface area (Å²) in [6.45, 7) is 10.3. The highest BCUT2D eigenvalue weighted by molar-refractivity contribution is 7.16. The molecule has 0 N–H and O–H groups in total. The maximum atomic E-state index is 4.18. The molecular formula is C13H21NS. The van der Waals surface area contributed by atoms with E-state index in [1.165, 1.54) is 16.7 Å². The summed E-state index contributed by atoms with van der Waals surface area (Å²) < 4.78 is 1.28. The van der Waals surface area contributed by atoms with E-state index in [1.807, 2.05) is 19.4 Å². The van der Waals surface area contributed by atoms with E-state index in [0.717, 1.165) is 5.52 Å². The zero-order chi connectivity index (χ0) is 11.7. The minimum absolute atomic E-state index is 1.11. The molecule has 0 aliphatic rings. The Kier molecular flexibility index (Phi) is 7.92. The van der Waals surface area contributed by atoms with Crippen molar-refractivity contribution < 1.29 is 0 Å². The molecule has 1 heterocycles. The van der Waals surface area contributed by atoms with Crippen LogP contribution in [0, 0.1) is 6.92 Å². The molecule has 0 aliphatic carbocycles. The van der Waals surface area contributed by atoms with Gasteiger partial charge < -0.3 is 0 Å². The topological polar surface area (TPSA) is 12.9 Å². The fraction of sp³-hybridized carbons (Fsp3) is 0.462. The Hall–Kier alpha value is -0.890. The van der Waals surface area contributed by atoms with Crippen molar-refractivity contribution in [1.29, 1.82) is 0 Å². The maximum Gasteiger partial charge on any atom is 0.0812 e. The molecule has 0 amide bonds. The summed E-state index contributed by atoms with van der Waals surface area (Å²) in [6, 6.07) is 6.30. The van der Waals surface area contributed by atoms with Gasteiger partial charge in [-0.3, -0.25) is 0 Å². The second kappa shape index (κ2) is 8.42. The van der Waals surface area contributed by atoms with E-state index in [1.54, 1.807) is 11.3 Å². The van der Waals surface area contributed by atoms with Crippen molar-refractivity contribution in [2.75, 3.05) is 0 Å². The fourth-order valence-corrected chi connectivity index (χ4v) is 1.74. The first-order valence-corrected chi connectivity index (χ1v) is 6.45. The van der Waals surface area contributed by atoms with Gasteiger partial charge in [-0.05, 0) is 24.6 Å². The molecular weight excluding hydrogens is 202 g/mol. The second-order valence-electron chi connectivity index (χ2n) is 3.03. The molecule has 1 nitrogen and oxygen atoms in total. The number of hydrogen-bond donors (Lipinski definition) is 0. The highest BCUT2D eigenvalue weighted by atomic mass is 32.1. The summed E-state index contributed by atoms with van der Waals surface area (Å²) >= 11 is 1.69. The third-order valence-electron chi connectivity index (χ3n) is 1.49. The third kappa shape index (κ3) is 4.93. The maximum absolute atomic E-state index is 4.18. The van der Waals surface area contributed by atoms with Gasteiger partial charge in [0.15, 0.2) is 0 Å². The number of nitrogens with zero attached hydrogens (tertiary/aromatic N) is 1. The summed E-state index contributed by atoms with van der Waals surface area (Å²) in [5.74, 6) is 0. The van der Waals surface area contributed by atoms with Gasteiger partial charge in [-0.25, -0.2) is 4.98 Å². The van der Waals surface area contributed by atoms with Crippen LogP contribution in [0.1, 0.15) is 39.7 Å². The average molecular weight is 223 g/mol. The molecule has 15 heavy (non-hydrogen) atoms. The number of aromatic nitrogens is 1. The van der Waals surface area contributed by atoms with Gasteiger partial charge in [-0.2, -0.15) is 0 Å². The predicted octanol–water partition coefficient (Wildman–Crippen LogP) is 5.05. The number of hydrogen-bond acceptors (Lipinski definition) is 2. The molecule has 0 bridgehead atoms. The Morgan fingerprint density at radius 3 is 2.40 bits per heavy atom. The number of aryl methyl sites for hydroxylation is 1. The van der Waals surface area contributed by atoms with Gasteiger partial charge in [0.05, 0.1) is 15.7 Å². The van der Waals surface area contributed by atoms with Crippen LogP contribution in [0.5, 0.6) is 0 Å². The van der Waals surface area contributed by atoms with Crippen molar-refractivity contribution >= 4 is 21.6 Å². The fourth-order valence-electron chi connectivity index (χ4n) is 0.962. The van der Waals surface area contributed by atoms with Crippen molar-refractivity contribution in [1.82, 2.24) is 4.98 Å². The molecule has 0 unspecified atom stereocenters. The summed E-state index contributed by atoms with van der Waals surface area (Å²) in [5.41, 5.74) is 4.29. The standard InChI is InChI=1S/C8H7NS.C3H8.C2H6/c1-6-2-3-7-8(4-6)10-5-9-7;1-3-2;1-2/h2-5H,1H3;3H2,1-2H3;1-2H3. The predicted molar refractivity (Wildman–Crippen MR) is 71.7 cm³/mol. The zero-order valence-corrected chi connectivity index (χ0v) is 11.2. The van der Waals surface area contributed by atoms with E-state index < -0.39 is 0 Å². The van der Waals surface area contributed by atoms with Gasteiger partial charge in [0, 0.05) is 0 Å². The summed E-state index contributed by atoms with van der Waals surface area (Å²) in [7, 11) is 0. The van der Waals surface area contributed by atoms with Crippen LogP contribution >= 0.6 is 11.3 Å². The lowest BCUT2D eigenvalue weighted by Crippen LogP contribution is -1.69. The van der Waals surface area contributed by atoms with Crippen LogP contribution in [0.2, 0.25) is 0 Å². The van der Waals surface area contributed by atoms with Crippen molar-refractivity contribution in [2.45, 2.75) is 41.0 Å². The first-order chi connectivity index (χ1) is 7.27. The van der Waals surface area contributed by atoms with Crippen LogP contribution in [-0.2, 0) is 0 Å². The number of rotatable bonds is 0. The van der Waals surface area contributed by atoms with Gasteiger partial charge in [0.25, 0.3) is 0 Å². The second-order valence-corrected chi connectivity index (χ2v) is 3.92. The summed E-state index contributed by atoms with van der Waals surface area (Å²) in [6.07, 6.45) is 1.25. The first-order valence-electron chi connectivity index (χ1n) is 5.57. The van der Waals surface area contributed by atoms with E-state index in [9.17, 15) is 0 Å². The normalized spacial score (nSPS) is 8.60.